The molecule has 0 radical (unpaired) electrons. The molecular formula is C20H20Br4N4. The lowest BCUT2D eigenvalue weighted by Gasteiger charge is -2.25. The Bertz CT molecular complexity index is 851. The summed E-state index contributed by atoms with van der Waals surface area (Å²) < 4.78 is 3.64. The Morgan fingerprint density at radius 3 is 1.50 bits per heavy atom. The minimum atomic E-state index is 0.138. The van der Waals surface area contributed by atoms with Crippen LogP contribution in [0.5, 0.6) is 0 Å². The summed E-state index contributed by atoms with van der Waals surface area (Å²) in [4.78, 5) is 9.68. The molecule has 1 saturated carbocycles. The van der Waals surface area contributed by atoms with E-state index < -0.39 is 0 Å². The van der Waals surface area contributed by atoms with Crippen molar-refractivity contribution in [3.63, 3.8) is 0 Å². The van der Waals surface area contributed by atoms with Crippen LogP contribution in [-0.4, -0.2) is 24.5 Å². The zero-order valence-electron chi connectivity index (χ0n) is 15.0. The van der Waals surface area contributed by atoms with E-state index in [-0.39, 0.29) is 12.1 Å². The molecular weight excluding hydrogens is 616 g/mol. The fourth-order valence-electron chi connectivity index (χ4n) is 3.21. The van der Waals surface area contributed by atoms with Crippen molar-refractivity contribution >= 4 is 87.5 Å². The van der Waals surface area contributed by atoms with E-state index >= 15 is 0 Å². The van der Waals surface area contributed by atoms with E-state index in [4.69, 9.17) is 21.5 Å². The van der Waals surface area contributed by atoms with Crippen LogP contribution in [0.4, 0.5) is 11.4 Å². The van der Waals surface area contributed by atoms with E-state index in [1.165, 1.54) is 0 Å². The Labute approximate surface area is 198 Å². The van der Waals surface area contributed by atoms with Crippen LogP contribution in [0.2, 0.25) is 0 Å². The molecule has 4 N–H and O–H groups in total. The third-order valence-electron chi connectivity index (χ3n) is 4.76. The standard InChI is InChI=1S/C20H20Br4N4/c21-13-5-11(19(25)15(23)7-13)9-27-17-3-1-2-4-18(17)28-10-12-6-14(22)8-16(24)20(12)26/h5-10,17-18H,1-4,25-26H2/t17-,18-/m1/s1. The molecule has 0 heterocycles. The maximum absolute atomic E-state index is 6.17. The van der Waals surface area contributed by atoms with Crippen LogP contribution in [0.25, 0.3) is 0 Å². The highest BCUT2D eigenvalue weighted by atomic mass is 79.9. The van der Waals surface area contributed by atoms with Gasteiger partial charge in [0.1, 0.15) is 0 Å². The second-order valence-electron chi connectivity index (χ2n) is 6.76. The van der Waals surface area contributed by atoms with Gasteiger partial charge in [0, 0.05) is 41.4 Å². The van der Waals surface area contributed by atoms with Crippen molar-refractivity contribution in [2.45, 2.75) is 37.8 Å². The van der Waals surface area contributed by atoms with E-state index in [1.807, 2.05) is 36.7 Å². The third-order valence-corrected chi connectivity index (χ3v) is 6.98. The molecule has 2 aromatic rings. The van der Waals surface area contributed by atoms with Gasteiger partial charge in [-0.2, -0.15) is 0 Å². The third kappa shape index (κ3) is 5.46. The zero-order valence-corrected chi connectivity index (χ0v) is 21.4. The molecule has 28 heavy (non-hydrogen) atoms. The van der Waals surface area contributed by atoms with Gasteiger partial charge < -0.3 is 11.5 Å². The predicted molar refractivity (Wildman–Crippen MR) is 134 cm³/mol. The van der Waals surface area contributed by atoms with Gasteiger partial charge in [-0.15, -0.1) is 0 Å². The number of anilines is 2. The first-order valence-corrected chi connectivity index (χ1v) is 12.1. The second-order valence-corrected chi connectivity index (χ2v) is 10.3. The van der Waals surface area contributed by atoms with Crippen molar-refractivity contribution < 1.29 is 0 Å². The van der Waals surface area contributed by atoms with Crippen LogP contribution in [0.15, 0.2) is 52.1 Å². The van der Waals surface area contributed by atoms with Gasteiger partial charge in [-0.1, -0.05) is 44.7 Å². The number of benzene rings is 2. The van der Waals surface area contributed by atoms with Crippen LogP contribution in [0, 0.1) is 0 Å². The smallest absolute Gasteiger partial charge is 0.0723 e. The summed E-state index contributed by atoms with van der Waals surface area (Å²) >= 11 is 14.0. The maximum Gasteiger partial charge on any atom is 0.0723 e. The number of rotatable bonds is 4. The first-order valence-electron chi connectivity index (χ1n) is 8.90. The van der Waals surface area contributed by atoms with Gasteiger partial charge in [0.25, 0.3) is 0 Å². The van der Waals surface area contributed by atoms with Gasteiger partial charge in [-0.05, 0) is 69.0 Å². The number of halogens is 4. The van der Waals surface area contributed by atoms with E-state index in [9.17, 15) is 0 Å². The van der Waals surface area contributed by atoms with Gasteiger partial charge in [0.2, 0.25) is 0 Å². The molecule has 1 fully saturated rings. The normalized spacial score (nSPS) is 20.3. The lowest BCUT2D eigenvalue weighted by Crippen LogP contribution is -2.27. The van der Waals surface area contributed by atoms with Crippen LogP contribution >= 0.6 is 63.7 Å². The molecule has 0 spiro atoms. The largest absolute Gasteiger partial charge is 0.397 e. The van der Waals surface area contributed by atoms with Gasteiger partial charge in [-0.3, -0.25) is 9.98 Å². The Balaban J connectivity index is 1.82. The van der Waals surface area contributed by atoms with E-state index in [1.54, 1.807) is 0 Å². The average Bonchev–Trinajstić information content (AvgIpc) is 2.65. The fraction of sp³-hybridized carbons (Fsp3) is 0.300. The minimum absolute atomic E-state index is 0.138. The molecule has 1 aliphatic rings. The fourth-order valence-corrected chi connectivity index (χ4v) is 5.73. The van der Waals surface area contributed by atoms with Crippen molar-refractivity contribution in [3.05, 3.63) is 53.3 Å². The summed E-state index contributed by atoms with van der Waals surface area (Å²) in [7, 11) is 0. The van der Waals surface area contributed by atoms with Crippen LogP contribution in [0.3, 0.4) is 0 Å². The van der Waals surface area contributed by atoms with E-state index in [2.05, 4.69) is 63.7 Å². The molecule has 0 bridgehead atoms. The molecule has 4 nitrogen and oxygen atoms in total. The van der Waals surface area contributed by atoms with Crippen molar-refractivity contribution in [2.24, 2.45) is 9.98 Å². The Hall–Kier alpha value is -0.700. The topological polar surface area (TPSA) is 76.8 Å². The summed E-state index contributed by atoms with van der Waals surface area (Å²) in [5, 5.41) is 0. The molecule has 1 aliphatic carbocycles. The highest BCUT2D eigenvalue weighted by Gasteiger charge is 2.23. The number of nitrogen functional groups attached to an aromatic ring is 2. The summed E-state index contributed by atoms with van der Waals surface area (Å²) in [6.45, 7) is 0. The van der Waals surface area contributed by atoms with E-state index in [0.717, 1.165) is 54.7 Å². The van der Waals surface area contributed by atoms with E-state index in [0.29, 0.717) is 11.4 Å². The Kier molecular flexibility index (Phi) is 7.75. The lowest BCUT2D eigenvalue weighted by atomic mass is 9.91. The molecule has 2 aromatic carbocycles. The molecule has 148 valence electrons. The molecule has 0 unspecified atom stereocenters. The summed E-state index contributed by atoms with van der Waals surface area (Å²) in [5.41, 5.74) is 15.5. The molecule has 2 atom stereocenters. The SMILES string of the molecule is Nc1c(Br)cc(Br)cc1C=N[C@@H]1CCCC[C@H]1N=Cc1cc(Br)cc(Br)c1N. The average molecular weight is 636 g/mol. The van der Waals surface area contributed by atoms with Gasteiger partial charge in [0.05, 0.1) is 23.5 Å². The number of nitrogens with two attached hydrogens (primary N) is 2. The number of hydrogen-bond donors (Lipinski definition) is 2. The monoisotopic (exact) mass is 632 g/mol. The summed E-state index contributed by atoms with van der Waals surface area (Å²) in [5.74, 6) is 0. The summed E-state index contributed by atoms with van der Waals surface area (Å²) in [6, 6.07) is 8.09. The minimum Gasteiger partial charge on any atom is -0.397 e. The number of nitrogens with zero attached hydrogens (tertiary/aromatic N) is 2. The molecule has 0 amide bonds. The molecule has 0 saturated heterocycles. The highest BCUT2D eigenvalue weighted by molar-refractivity contribution is 9.11. The molecule has 0 aromatic heterocycles. The Morgan fingerprint density at radius 1 is 0.714 bits per heavy atom. The van der Waals surface area contributed by atoms with Crippen molar-refractivity contribution in [3.8, 4) is 0 Å². The van der Waals surface area contributed by atoms with Gasteiger partial charge in [0.15, 0.2) is 0 Å². The molecule has 8 heteroatoms. The van der Waals surface area contributed by atoms with Crippen molar-refractivity contribution in [2.75, 3.05) is 11.5 Å². The van der Waals surface area contributed by atoms with Crippen LogP contribution in [0.1, 0.15) is 36.8 Å². The zero-order chi connectivity index (χ0) is 20.3. The Morgan fingerprint density at radius 2 is 1.11 bits per heavy atom. The van der Waals surface area contributed by atoms with Gasteiger partial charge >= 0.3 is 0 Å². The second kappa shape index (κ2) is 9.87. The molecule has 0 aliphatic heterocycles. The molecule has 3 rings (SSSR count). The lowest BCUT2D eigenvalue weighted by molar-refractivity contribution is 0.390. The first kappa shape index (κ1) is 22.0. The van der Waals surface area contributed by atoms with Crippen molar-refractivity contribution in [1.82, 2.24) is 0 Å². The first-order chi connectivity index (χ1) is 13.3. The maximum atomic E-state index is 6.17. The van der Waals surface area contributed by atoms with Crippen molar-refractivity contribution in [1.29, 1.82) is 0 Å². The highest BCUT2D eigenvalue weighted by Crippen LogP contribution is 2.30. The van der Waals surface area contributed by atoms with Crippen LogP contribution in [-0.2, 0) is 0 Å². The quantitative estimate of drug-likeness (QED) is 0.288. The van der Waals surface area contributed by atoms with Gasteiger partial charge in [-0.25, -0.2) is 0 Å². The predicted octanol–water partition coefficient (Wildman–Crippen LogP) is 6.75. The number of hydrogen-bond acceptors (Lipinski definition) is 4. The number of aliphatic imine (C=N–C) groups is 2. The van der Waals surface area contributed by atoms with Crippen LogP contribution < -0.4 is 11.5 Å². The summed E-state index contributed by atoms with van der Waals surface area (Å²) in [6.07, 6.45) is 8.10.